The van der Waals surface area contributed by atoms with Crippen molar-refractivity contribution >= 4 is 30.2 Å². The van der Waals surface area contributed by atoms with Crippen molar-refractivity contribution < 1.29 is 14.3 Å². The van der Waals surface area contributed by atoms with Gasteiger partial charge in [0.25, 0.3) is 0 Å². The summed E-state index contributed by atoms with van der Waals surface area (Å²) in [6.45, 7) is 4.11. The zero-order chi connectivity index (χ0) is 21.8. The fraction of sp³-hybridized carbons (Fsp3) is 0.231. The molecule has 0 bridgehead atoms. The molecule has 4 nitrogen and oxygen atoms in total. The predicted molar refractivity (Wildman–Crippen MR) is 124 cm³/mol. The van der Waals surface area contributed by atoms with E-state index in [4.69, 9.17) is 4.74 Å². The first-order valence-electron chi connectivity index (χ1n) is 10.4. The van der Waals surface area contributed by atoms with Crippen molar-refractivity contribution in [2.45, 2.75) is 25.8 Å². The first kappa shape index (κ1) is 21.4. The van der Waals surface area contributed by atoms with E-state index in [1.54, 1.807) is 0 Å². The first-order valence-corrected chi connectivity index (χ1v) is 12.1. The molecule has 0 saturated carbocycles. The summed E-state index contributed by atoms with van der Waals surface area (Å²) in [5, 5.41) is 2.81. The Kier molecular flexibility index (Phi) is 6.55. The van der Waals surface area contributed by atoms with Gasteiger partial charge in [-0.2, -0.15) is 0 Å². The number of carbonyl (C=O) groups is 2. The maximum atomic E-state index is 12.8. The van der Waals surface area contributed by atoms with Gasteiger partial charge in [-0.05, 0) is 0 Å². The number of carbonyl (C=O) groups excluding carboxylic acids is 2. The molecule has 3 aromatic carbocycles. The molecule has 0 unspecified atom stereocenters. The van der Waals surface area contributed by atoms with Gasteiger partial charge >= 0.3 is 189 Å². The van der Waals surface area contributed by atoms with Crippen molar-refractivity contribution in [1.82, 2.24) is 5.32 Å². The fourth-order valence-corrected chi connectivity index (χ4v) is 6.00. The van der Waals surface area contributed by atoms with Gasteiger partial charge in [-0.1, -0.05) is 0 Å². The molecule has 0 spiro atoms. The van der Waals surface area contributed by atoms with Crippen LogP contribution in [0, 0.1) is 5.92 Å². The summed E-state index contributed by atoms with van der Waals surface area (Å²) in [6.07, 6.45) is -0.544. The van der Waals surface area contributed by atoms with Gasteiger partial charge in [0.1, 0.15) is 0 Å². The molecule has 158 valence electrons. The van der Waals surface area contributed by atoms with Crippen LogP contribution in [0.2, 0.25) is 0 Å². The fourth-order valence-electron chi connectivity index (χ4n) is 3.93. The molecule has 1 atom stereocenters. The molecule has 0 aromatic heterocycles. The van der Waals surface area contributed by atoms with Gasteiger partial charge in [0.05, 0.1) is 0 Å². The Morgan fingerprint density at radius 2 is 1.42 bits per heavy atom. The molecule has 0 aliphatic heterocycles. The van der Waals surface area contributed by atoms with Crippen molar-refractivity contribution in [3.8, 4) is 11.1 Å². The quantitative estimate of drug-likeness (QED) is 0.521. The van der Waals surface area contributed by atoms with Crippen molar-refractivity contribution in [2.75, 3.05) is 6.61 Å². The molecular weight excluding hydrogens is 453 g/mol. The average Bonchev–Trinajstić information content (AvgIpc) is 3.10. The van der Waals surface area contributed by atoms with E-state index in [1.807, 2.05) is 68.4 Å². The summed E-state index contributed by atoms with van der Waals surface area (Å²) >= 11 is -0.354. The Balaban J connectivity index is 1.42. The standard InChI is InChI=1S/C26H25NO3Se/c1-17(2)24(25(28)31-18-10-4-3-5-11-18)27-26(29)30-16-23-21-14-8-6-12-19(21)20-13-7-9-15-22(20)23/h3-15,17,23-24H,16H2,1-2H3,(H,27,29)/t24-/m0/s1. The zero-order valence-electron chi connectivity index (χ0n) is 17.6. The molecule has 0 fully saturated rings. The third-order valence-electron chi connectivity index (χ3n) is 5.50. The SMILES string of the molecule is CC(C)[C@H](NC(=O)OCC1c2ccccc2-c2ccccc21)C(=O)[Se]c1ccccc1. The van der Waals surface area contributed by atoms with E-state index in [2.05, 4.69) is 29.6 Å². The summed E-state index contributed by atoms with van der Waals surface area (Å²) < 4.78 is 6.67. The van der Waals surface area contributed by atoms with Gasteiger partial charge in [0.2, 0.25) is 0 Å². The van der Waals surface area contributed by atoms with Crippen LogP contribution in [0.25, 0.3) is 11.1 Å². The van der Waals surface area contributed by atoms with Gasteiger partial charge in [0, 0.05) is 0 Å². The van der Waals surface area contributed by atoms with Gasteiger partial charge < -0.3 is 0 Å². The van der Waals surface area contributed by atoms with Gasteiger partial charge in [-0.15, -0.1) is 0 Å². The molecular formula is C26H25NO3Se. The molecule has 1 aliphatic carbocycles. The number of amides is 1. The number of ether oxygens (including phenoxy) is 1. The topological polar surface area (TPSA) is 55.4 Å². The average molecular weight is 478 g/mol. The summed E-state index contributed by atoms with van der Waals surface area (Å²) in [4.78, 5) is 25.5. The van der Waals surface area contributed by atoms with Gasteiger partial charge in [0.15, 0.2) is 0 Å². The van der Waals surface area contributed by atoms with E-state index in [-0.39, 0.29) is 38.1 Å². The zero-order valence-corrected chi connectivity index (χ0v) is 19.3. The van der Waals surface area contributed by atoms with E-state index in [9.17, 15) is 9.59 Å². The van der Waals surface area contributed by atoms with Crippen molar-refractivity contribution in [3.05, 3.63) is 90.0 Å². The van der Waals surface area contributed by atoms with Crippen LogP contribution in [0.15, 0.2) is 78.9 Å². The van der Waals surface area contributed by atoms with E-state index in [0.29, 0.717) is 0 Å². The summed E-state index contributed by atoms with van der Waals surface area (Å²) in [5.41, 5.74) is 4.71. The second kappa shape index (κ2) is 9.50. The molecule has 1 N–H and O–H groups in total. The van der Waals surface area contributed by atoms with Crippen molar-refractivity contribution in [2.24, 2.45) is 5.92 Å². The van der Waals surface area contributed by atoms with Crippen LogP contribution < -0.4 is 9.78 Å². The summed E-state index contributed by atoms with van der Waals surface area (Å²) in [6, 6.07) is 25.6. The van der Waals surface area contributed by atoms with E-state index >= 15 is 0 Å². The Morgan fingerprint density at radius 1 is 0.871 bits per heavy atom. The number of fused-ring (bicyclic) bond motifs is 3. The first-order chi connectivity index (χ1) is 15.0. The minimum atomic E-state index is -0.559. The van der Waals surface area contributed by atoms with Crippen LogP contribution in [0.1, 0.15) is 30.9 Å². The molecule has 0 saturated heterocycles. The predicted octanol–water partition coefficient (Wildman–Crippen LogP) is 4.11. The molecule has 0 radical (unpaired) electrons. The third-order valence-corrected chi connectivity index (χ3v) is 7.52. The summed E-state index contributed by atoms with van der Waals surface area (Å²) in [7, 11) is 0. The second-order valence-electron chi connectivity index (χ2n) is 7.93. The molecule has 4 rings (SSSR count). The Hall–Kier alpha value is -2.88. The van der Waals surface area contributed by atoms with Crippen LogP contribution >= 0.6 is 0 Å². The number of nitrogens with one attached hydrogen (secondary N) is 1. The number of hydrogen-bond donors (Lipinski definition) is 1. The van der Waals surface area contributed by atoms with Crippen LogP contribution in [0.4, 0.5) is 4.79 Å². The van der Waals surface area contributed by atoms with Crippen molar-refractivity contribution in [3.63, 3.8) is 0 Å². The van der Waals surface area contributed by atoms with Crippen LogP contribution in [0.5, 0.6) is 0 Å². The van der Waals surface area contributed by atoms with E-state index < -0.39 is 12.1 Å². The van der Waals surface area contributed by atoms with E-state index in [0.717, 1.165) is 4.46 Å². The molecule has 1 aliphatic rings. The Morgan fingerprint density at radius 3 is 2.00 bits per heavy atom. The van der Waals surface area contributed by atoms with Gasteiger partial charge in [-0.3, -0.25) is 0 Å². The Bertz CT molecular complexity index is 1040. The minimum absolute atomic E-state index is 0.000103. The molecule has 0 heterocycles. The van der Waals surface area contributed by atoms with Gasteiger partial charge in [-0.25, -0.2) is 0 Å². The molecule has 31 heavy (non-hydrogen) atoms. The van der Waals surface area contributed by atoms with Crippen molar-refractivity contribution in [1.29, 1.82) is 0 Å². The molecule has 3 aromatic rings. The summed E-state index contributed by atoms with van der Waals surface area (Å²) in [5.74, 6) is -0.0153. The monoisotopic (exact) mass is 479 g/mol. The number of rotatable bonds is 7. The number of alkyl carbamates (subject to hydrolysis) is 1. The Labute approximate surface area is 189 Å². The second-order valence-corrected chi connectivity index (χ2v) is 10.2. The van der Waals surface area contributed by atoms with Crippen LogP contribution in [-0.2, 0) is 9.53 Å². The third kappa shape index (κ3) is 4.73. The maximum absolute atomic E-state index is 12.8. The number of benzene rings is 3. The van der Waals surface area contributed by atoms with E-state index in [1.165, 1.54) is 22.3 Å². The number of hydrogen-bond acceptors (Lipinski definition) is 3. The van der Waals surface area contributed by atoms with Crippen LogP contribution in [-0.4, -0.2) is 38.4 Å². The normalized spacial score (nSPS) is 13.4. The van der Waals surface area contributed by atoms with Crippen LogP contribution in [0.3, 0.4) is 0 Å². The molecule has 1 amide bonds. The molecule has 5 heteroatoms.